The van der Waals surface area contributed by atoms with E-state index in [9.17, 15) is 4.79 Å². The number of nitrogens with zero attached hydrogens (tertiary/aromatic N) is 5. The summed E-state index contributed by atoms with van der Waals surface area (Å²) in [5, 5.41) is 7.08. The molecule has 0 atom stereocenters. The van der Waals surface area contributed by atoms with Gasteiger partial charge in [-0.2, -0.15) is 5.10 Å². The number of hydrogen-bond donors (Lipinski definition) is 0. The Labute approximate surface area is 156 Å². The number of carbonyl (C=O) groups is 1. The number of rotatable bonds is 4. The van der Waals surface area contributed by atoms with Crippen LogP contribution in [0.4, 0.5) is 0 Å². The molecule has 134 valence electrons. The Hall–Kier alpha value is -2.51. The molecule has 1 aliphatic rings. The first-order chi connectivity index (χ1) is 12.7. The molecule has 1 aromatic carbocycles. The fourth-order valence-corrected chi connectivity index (χ4v) is 3.86. The van der Waals surface area contributed by atoms with Crippen molar-refractivity contribution < 1.29 is 4.79 Å². The van der Waals surface area contributed by atoms with Crippen molar-refractivity contribution in [3.63, 3.8) is 0 Å². The van der Waals surface area contributed by atoms with Crippen LogP contribution in [0.15, 0.2) is 48.1 Å². The fraction of sp³-hybridized carbons (Fsp3) is 0.316. The third-order valence-electron chi connectivity index (χ3n) is 4.68. The number of para-hydroxylation sites is 1. The maximum atomic E-state index is 12.7. The maximum Gasteiger partial charge on any atom is 0.273 e. The highest BCUT2D eigenvalue weighted by molar-refractivity contribution is 7.13. The average molecular weight is 367 g/mol. The molecule has 26 heavy (non-hydrogen) atoms. The van der Waals surface area contributed by atoms with Crippen LogP contribution < -0.4 is 0 Å². The Kier molecular flexibility index (Phi) is 4.81. The van der Waals surface area contributed by atoms with Crippen LogP contribution in [0.5, 0.6) is 0 Å². The monoisotopic (exact) mass is 367 g/mol. The van der Waals surface area contributed by atoms with E-state index in [-0.39, 0.29) is 5.91 Å². The molecule has 3 heterocycles. The highest BCUT2D eigenvalue weighted by Crippen LogP contribution is 2.25. The minimum atomic E-state index is 0.0266. The van der Waals surface area contributed by atoms with Crippen LogP contribution >= 0.6 is 11.3 Å². The molecule has 7 heteroatoms. The highest BCUT2D eigenvalue weighted by Gasteiger charge is 2.23. The summed E-state index contributed by atoms with van der Waals surface area (Å²) < 4.78 is 1.82. The zero-order chi connectivity index (χ0) is 17.9. The Morgan fingerprint density at radius 1 is 1.15 bits per heavy atom. The standard InChI is InChI=1S/C19H21N5OS/c1-2-22-8-10-23(11-9-22)19(25)17-14-26-18(21-17)15-12-20-24(13-15)16-6-4-3-5-7-16/h3-7,12-14H,2,8-11H2,1H3. The van der Waals surface area contributed by atoms with E-state index in [1.54, 1.807) is 6.20 Å². The van der Waals surface area contributed by atoms with E-state index in [2.05, 4.69) is 21.9 Å². The normalized spacial score (nSPS) is 15.3. The second-order valence-corrected chi connectivity index (χ2v) is 7.13. The molecular weight excluding hydrogens is 346 g/mol. The third-order valence-corrected chi connectivity index (χ3v) is 5.57. The molecule has 0 saturated carbocycles. The van der Waals surface area contributed by atoms with Crippen molar-refractivity contribution in [2.45, 2.75) is 6.92 Å². The van der Waals surface area contributed by atoms with E-state index in [1.165, 1.54) is 11.3 Å². The summed E-state index contributed by atoms with van der Waals surface area (Å²) in [4.78, 5) is 21.5. The summed E-state index contributed by atoms with van der Waals surface area (Å²) >= 11 is 1.49. The first kappa shape index (κ1) is 16.9. The summed E-state index contributed by atoms with van der Waals surface area (Å²) in [7, 11) is 0. The minimum Gasteiger partial charge on any atom is -0.335 e. The van der Waals surface area contributed by atoms with E-state index in [4.69, 9.17) is 0 Å². The number of likely N-dealkylation sites (N-methyl/N-ethyl adjacent to an activating group) is 1. The number of benzene rings is 1. The van der Waals surface area contributed by atoms with Gasteiger partial charge in [0.05, 0.1) is 11.9 Å². The molecule has 0 unspecified atom stereocenters. The first-order valence-corrected chi connectivity index (χ1v) is 9.70. The molecule has 1 fully saturated rings. The quantitative estimate of drug-likeness (QED) is 0.712. The largest absolute Gasteiger partial charge is 0.335 e. The van der Waals surface area contributed by atoms with E-state index in [0.717, 1.165) is 49.0 Å². The summed E-state index contributed by atoms with van der Waals surface area (Å²) in [5.74, 6) is 0.0266. The van der Waals surface area contributed by atoms with Crippen LogP contribution in [0.3, 0.4) is 0 Å². The van der Waals surface area contributed by atoms with Crippen LogP contribution in [0, 0.1) is 0 Å². The molecule has 1 saturated heterocycles. The van der Waals surface area contributed by atoms with Crippen LogP contribution in [-0.4, -0.2) is 63.2 Å². The van der Waals surface area contributed by atoms with Gasteiger partial charge in [0, 0.05) is 43.3 Å². The van der Waals surface area contributed by atoms with Crippen molar-refractivity contribution in [3.8, 4) is 16.3 Å². The lowest BCUT2D eigenvalue weighted by Gasteiger charge is -2.33. The van der Waals surface area contributed by atoms with Gasteiger partial charge in [0.15, 0.2) is 0 Å². The van der Waals surface area contributed by atoms with Gasteiger partial charge in [0.1, 0.15) is 10.7 Å². The van der Waals surface area contributed by atoms with Gasteiger partial charge in [-0.1, -0.05) is 25.1 Å². The number of aromatic nitrogens is 3. The summed E-state index contributed by atoms with van der Waals surface area (Å²) in [5.41, 5.74) is 2.46. The summed E-state index contributed by atoms with van der Waals surface area (Å²) in [6, 6.07) is 9.95. The van der Waals surface area contributed by atoms with Crippen LogP contribution in [0.2, 0.25) is 0 Å². The topological polar surface area (TPSA) is 54.3 Å². The van der Waals surface area contributed by atoms with Crippen molar-refractivity contribution in [1.82, 2.24) is 24.6 Å². The lowest BCUT2D eigenvalue weighted by molar-refractivity contribution is 0.0638. The van der Waals surface area contributed by atoms with Gasteiger partial charge >= 0.3 is 0 Å². The second kappa shape index (κ2) is 7.39. The zero-order valence-corrected chi connectivity index (χ0v) is 15.5. The molecule has 0 aliphatic carbocycles. The third kappa shape index (κ3) is 3.40. The van der Waals surface area contributed by atoms with E-state index >= 15 is 0 Å². The molecule has 3 aromatic rings. The van der Waals surface area contributed by atoms with Gasteiger partial charge < -0.3 is 9.80 Å². The van der Waals surface area contributed by atoms with Crippen molar-refractivity contribution in [3.05, 3.63) is 53.8 Å². The highest BCUT2D eigenvalue weighted by atomic mass is 32.1. The predicted molar refractivity (Wildman–Crippen MR) is 103 cm³/mol. The molecular formula is C19H21N5OS. The van der Waals surface area contributed by atoms with Crippen molar-refractivity contribution in [2.24, 2.45) is 0 Å². The van der Waals surface area contributed by atoms with Crippen LogP contribution in [-0.2, 0) is 0 Å². The number of carbonyl (C=O) groups excluding carboxylic acids is 1. The average Bonchev–Trinajstić information content (AvgIpc) is 3.38. The number of thiazole rings is 1. The van der Waals surface area contributed by atoms with Gasteiger partial charge in [-0.3, -0.25) is 4.79 Å². The number of piperazine rings is 1. The molecule has 0 bridgehead atoms. The first-order valence-electron chi connectivity index (χ1n) is 8.82. The summed E-state index contributed by atoms with van der Waals surface area (Å²) in [6.07, 6.45) is 3.74. The van der Waals surface area contributed by atoms with Crippen molar-refractivity contribution >= 4 is 17.2 Å². The SMILES string of the molecule is CCN1CCN(C(=O)c2csc(-c3cnn(-c4ccccc4)c3)n2)CC1. The van der Waals surface area contributed by atoms with Gasteiger partial charge in [0.2, 0.25) is 0 Å². The minimum absolute atomic E-state index is 0.0266. The Morgan fingerprint density at radius 3 is 2.65 bits per heavy atom. The molecule has 6 nitrogen and oxygen atoms in total. The van der Waals surface area contributed by atoms with Crippen LogP contribution in [0.25, 0.3) is 16.3 Å². The Balaban J connectivity index is 1.48. The molecule has 2 aromatic heterocycles. The molecule has 0 N–H and O–H groups in total. The Morgan fingerprint density at radius 2 is 1.92 bits per heavy atom. The lowest BCUT2D eigenvalue weighted by Crippen LogP contribution is -2.48. The fourth-order valence-electron chi connectivity index (χ4n) is 3.09. The van der Waals surface area contributed by atoms with Crippen molar-refractivity contribution in [2.75, 3.05) is 32.7 Å². The molecule has 0 spiro atoms. The summed E-state index contributed by atoms with van der Waals surface area (Å²) in [6.45, 7) is 6.59. The van der Waals surface area contributed by atoms with Gasteiger partial charge in [-0.05, 0) is 18.7 Å². The number of hydrogen-bond acceptors (Lipinski definition) is 5. The van der Waals surface area contributed by atoms with Gasteiger partial charge in [0.25, 0.3) is 5.91 Å². The maximum absolute atomic E-state index is 12.7. The number of amides is 1. The molecule has 1 aliphatic heterocycles. The van der Waals surface area contributed by atoms with E-state index in [1.807, 2.05) is 51.5 Å². The molecule has 1 amide bonds. The molecule has 0 radical (unpaired) electrons. The smallest absolute Gasteiger partial charge is 0.273 e. The van der Waals surface area contributed by atoms with E-state index in [0.29, 0.717) is 5.69 Å². The molecule has 4 rings (SSSR count). The zero-order valence-electron chi connectivity index (χ0n) is 14.7. The lowest BCUT2D eigenvalue weighted by atomic mass is 10.3. The van der Waals surface area contributed by atoms with Crippen molar-refractivity contribution in [1.29, 1.82) is 0 Å². The predicted octanol–water partition coefficient (Wildman–Crippen LogP) is 2.77. The van der Waals surface area contributed by atoms with Gasteiger partial charge in [-0.25, -0.2) is 9.67 Å². The second-order valence-electron chi connectivity index (χ2n) is 6.27. The van der Waals surface area contributed by atoms with Crippen LogP contribution in [0.1, 0.15) is 17.4 Å². The van der Waals surface area contributed by atoms with Gasteiger partial charge in [-0.15, -0.1) is 11.3 Å². The Bertz CT molecular complexity index is 880. The van der Waals surface area contributed by atoms with E-state index < -0.39 is 0 Å².